The molecule has 106 valence electrons. The molecule has 0 aliphatic heterocycles. The zero-order chi connectivity index (χ0) is 14.7. The summed E-state index contributed by atoms with van der Waals surface area (Å²) in [6.07, 6.45) is 1.33. The molecule has 0 fully saturated rings. The van der Waals surface area contributed by atoms with Crippen LogP contribution in [-0.4, -0.2) is 15.2 Å². The van der Waals surface area contributed by atoms with Gasteiger partial charge in [-0.25, -0.2) is 4.98 Å². The predicted octanol–water partition coefficient (Wildman–Crippen LogP) is 3.81. The van der Waals surface area contributed by atoms with Gasteiger partial charge in [0, 0.05) is 11.3 Å². The topological polar surface area (TPSA) is 63.8 Å². The zero-order valence-electron chi connectivity index (χ0n) is 11.4. The lowest BCUT2D eigenvalue weighted by molar-refractivity contribution is 0.568. The van der Waals surface area contributed by atoms with Gasteiger partial charge >= 0.3 is 0 Å². The van der Waals surface area contributed by atoms with Crippen LogP contribution in [0.15, 0.2) is 51.8 Å². The number of rotatable bonds is 4. The maximum atomic E-state index is 5.20. The molecule has 0 saturated heterocycles. The Hall–Kier alpha value is -2.21. The highest BCUT2D eigenvalue weighted by Crippen LogP contribution is 2.23. The minimum absolute atomic E-state index is 0.526. The van der Waals surface area contributed by atoms with Gasteiger partial charge < -0.3 is 9.73 Å². The first-order valence-electron chi connectivity index (χ1n) is 6.45. The number of aromatic nitrogens is 3. The molecule has 0 bridgehead atoms. The van der Waals surface area contributed by atoms with E-state index in [1.54, 1.807) is 0 Å². The molecule has 21 heavy (non-hydrogen) atoms. The monoisotopic (exact) mass is 344 g/mol. The van der Waals surface area contributed by atoms with Crippen LogP contribution in [-0.2, 0) is 6.54 Å². The molecular formula is C15H13BrN4O. The fourth-order valence-electron chi connectivity index (χ4n) is 2.03. The highest BCUT2D eigenvalue weighted by atomic mass is 79.9. The van der Waals surface area contributed by atoms with Gasteiger partial charge in [0.15, 0.2) is 0 Å². The number of pyridine rings is 1. The number of benzene rings is 1. The van der Waals surface area contributed by atoms with Crippen LogP contribution in [0.5, 0.6) is 0 Å². The van der Waals surface area contributed by atoms with E-state index in [1.807, 2.05) is 43.3 Å². The fraction of sp³-hybridized carbons (Fsp3) is 0.133. The Kier molecular flexibility index (Phi) is 3.96. The lowest BCUT2D eigenvalue weighted by atomic mass is 10.1. The van der Waals surface area contributed by atoms with Crippen molar-refractivity contribution in [3.05, 3.63) is 58.7 Å². The number of hydrogen-bond donors (Lipinski definition) is 1. The van der Waals surface area contributed by atoms with Crippen LogP contribution in [0.1, 0.15) is 11.3 Å². The van der Waals surface area contributed by atoms with Gasteiger partial charge in [-0.15, -0.1) is 10.2 Å². The summed E-state index contributed by atoms with van der Waals surface area (Å²) in [5.41, 5.74) is 4.06. The van der Waals surface area contributed by atoms with Gasteiger partial charge in [0.2, 0.25) is 12.3 Å². The van der Waals surface area contributed by atoms with Gasteiger partial charge in [0.05, 0.1) is 12.2 Å². The zero-order valence-corrected chi connectivity index (χ0v) is 13.0. The van der Waals surface area contributed by atoms with Crippen LogP contribution in [0.2, 0.25) is 0 Å². The van der Waals surface area contributed by atoms with E-state index >= 15 is 0 Å². The van der Waals surface area contributed by atoms with Gasteiger partial charge in [0.1, 0.15) is 4.60 Å². The molecule has 5 nitrogen and oxygen atoms in total. The first kappa shape index (κ1) is 13.8. The molecule has 0 aliphatic carbocycles. The summed E-state index contributed by atoms with van der Waals surface area (Å²) >= 11 is 3.37. The van der Waals surface area contributed by atoms with Crippen molar-refractivity contribution in [1.82, 2.24) is 15.2 Å². The Labute approximate surface area is 130 Å². The maximum Gasteiger partial charge on any atom is 0.247 e. The highest BCUT2D eigenvalue weighted by Gasteiger charge is 2.06. The largest absolute Gasteiger partial charge is 0.423 e. The number of aryl methyl sites for hydroxylation is 1. The molecule has 3 rings (SSSR count). The summed E-state index contributed by atoms with van der Waals surface area (Å²) in [6, 6.07) is 11.8. The van der Waals surface area contributed by atoms with E-state index in [-0.39, 0.29) is 0 Å². The van der Waals surface area contributed by atoms with Crippen LogP contribution in [0.25, 0.3) is 11.5 Å². The molecule has 0 atom stereocenters. The van der Waals surface area contributed by atoms with Crippen LogP contribution in [0.3, 0.4) is 0 Å². The van der Waals surface area contributed by atoms with E-state index in [1.165, 1.54) is 6.39 Å². The van der Waals surface area contributed by atoms with Crippen molar-refractivity contribution in [3.8, 4) is 11.5 Å². The molecule has 0 unspecified atom stereocenters. The van der Waals surface area contributed by atoms with Crippen molar-refractivity contribution in [2.24, 2.45) is 0 Å². The second kappa shape index (κ2) is 6.05. The number of halogens is 1. The van der Waals surface area contributed by atoms with Crippen LogP contribution in [0.4, 0.5) is 5.69 Å². The molecule has 2 aromatic heterocycles. The summed E-state index contributed by atoms with van der Waals surface area (Å²) in [4.78, 5) is 4.40. The van der Waals surface area contributed by atoms with Crippen molar-refractivity contribution in [2.45, 2.75) is 13.5 Å². The molecule has 0 amide bonds. The lowest BCUT2D eigenvalue weighted by Gasteiger charge is -2.10. The molecule has 0 radical (unpaired) electrons. The average Bonchev–Trinajstić information content (AvgIpc) is 3.00. The number of nitrogens with one attached hydrogen (secondary N) is 1. The second-order valence-electron chi connectivity index (χ2n) is 4.58. The van der Waals surface area contributed by atoms with E-state index in [0.29, 0.717) is 12.4 Å². The molecule has 2 heterocycles. The van der Waals surface area contributed by atoms with Gasteiger partial charge in [-0.1, -0.05) is 6.07 Å². The Morgan fingerprint density at radius 1 is 1.24 bits per heavy atom. The standard InChI is InChI=1S/C15H13BrN4O/c1-10-7-11(15-20-18-9-21-15)5-6-13(10)17-8-12-3-2-4-14(16)19-12/h2-7,9,17H,8H2,1H3. The maximum absolute atomic E-state index is 5.20. The summed E-state index contributed by atoms with van der Waals surface area (Å²) in [5, 5.41) is 11.0. The van der Waals surface area contributed by atoms with E-state index in [4.69, 9.17) is 4.42 Å². The van der Waals surface area contributed by atoms with Crippen LogP contribution >= 0.6 is 15.9 Å². The number of anilines is 1. The SMILES string of the molecule is Cc1cc(-c2nnco2)ccc1NCc1cccc(Br)n1. The molecule has 6 heteroatoms. The summed E-state index contributed by atoms with van der Waals surface area (Å²) in [7, 11) is 0. The van der Waals surface area contributed by atoms with Crippen LogP contribution in [0, 0.1) is 6.92 Å². The molecular weight excluding hydrogens is 332 g/mol. The van der Waals surface area contributed by atoms with Gasteiger partial charge in [-0.05, 0) is 58.7 Å². The van der Waals surface area contributed by atoms with E-state index < -0.39 is 0 Å². The number of hydrogen-bond acceptors (Lipinski definition) is 5. The van der Waals surface area contributed by atoms with Gasteiger partial charge in [0.25, 0.3) is 0 Å². The van der Waals surface area contributed by atoms with Gasteiger partial charge in [-0.3, -0.25) is 0 Å². The predicted molar refractivity (Wildman–Crippen MR) is 83.7 cm³/mol. The molecule has 1 N–H and O–H groups in total. The van der Waals surface area contributed by atoms with E-state index in [9.17, 15) is 0 Å². The molecule has 1 aromatic carbocycles. The Bertz CT molecular complexity index is 743. The summed E-state index contributed by atoms with van der Waals surface area (Å²) < 4.78 is 6.04. The van der Waals surface area contributed by atoms with Crippen molar-refractivity contribution in [2.75, 3.05) is 5.32 Å². The molecule has 0 spiro atoms. The Balaban J connectivity index is 1.74. The van der Waals surface area contributed by atoms with E-state index in [0.717, 1.165) is 27.1 Å². The number of nitrogens with zero attached hydrogens (tertiary/aromatic N) is 3. The fourth-order valence-corrected chi connectivity index (χ4v) is 2.41. The second-order valence-corrected chi connectivity index (χ2v) is 5.39. The molecule has 3 aromatic rings. The van der Waals surface area contributed by atoms with Crippen LogP contribution < -0.4 is 5.32 Å². The Morgan fingerprint density at radius 3 is 2.86 bits per heavy atom. The third-order valence-electron chi connectivity index (χ3n) is 3.07. The summed E-state index contributed by atoms with van der Waals surface area (Å²) in [6.45, 7) is 2.71. The molecule has 0 aliphatic rings. The third kappa shape index (κ3) is 3.28. The highest BCUT2D eigenvalue weighted by molar-refractivity contribution is 9.10. The Morgan fingerprint density at radius 2 is 2.14 bits per heavy atom. The van der Waals surface area contributed by atoms with Crippen molar-refractivity contribution in [3.63, 3.8) is 0 Å². The van der Waals surface area contributed by atoms with Gasteiger partial charge in [-0.2, -0.15) is 0 Å². The van der Waals surface area contributed by atoms with E-state index in [2.05, 4.69) is 36.4 Å². The minimum atomic E-state index is 0.526. The smallest absolute Gasteiger partial charge is 0.247 e. The molecule has 0 saturated carbocycles. The first-order valence-corrected chi connectivity index (χ1v) is 7.24. The van der Waals surface area contributed by atoms with Crippen molar-refractivity contribution >= 4 is 21.6 Å². The lowest BCUT2D eigenvalue weighted by Crippen LogP contribution is -2.03. The summed E-state index contributed by atoms with van der Waals surface area (Å²) in [5.74, 6) is 0.526. The first-order chi connectivity index (χ1) is 10.2. The van der Waals surface area contributed by atoms with Crippen molar-refractivity contribution < 1.29 is 4.42 Å². The minimum Gasteiger partial charge on any atom is -0.423 e. The quantitative estimate of drug-likeness (QED) is 0.729. The third-order valence-corrected chi connectivity index (χ3v) is 3.51. The van der Waals surface area contributed by atoms with Crippen molar-refractivity contribution in [1.29, 1.82) is 0 Å². The average molecular weight is 345 g/mol. The normalized spacial score (nSPS) is 10.6.